The predicted octanol–water partition coefficient (Wildman–Crippen LogP) is 2.85. The summed E-state index contributed by atoms with van der Waals surface area (Å²) in [5.74, 6) is 1.24. The van der Waals surface area contributed by atoms with E-state index in [1.807, 2.05) is 6.07 Å². The fourth-order valence-electron chi connectivity index (χ4n) is 2.31. The van der Waals surface area contributed by atoms with Crippen molar-refractivity contribution < 1.29 is 9.34 Å². The van der Waals surface area contributed by atoms with Gasteiger partial charge in [0.05, 0.1) is 11.1 Å². The number of nitro benzene ring substituents is 1. The molecule has 3 rings (SSSR count). The summed E-state index contributed by atoms with van der Waals surface area (Å²) in [4.78, 5) is 14.8. The first-order chi connectivity index (χ1) is 10.1. The maximum absolute atomic E-state index is 11.0. The van der Waals surface area contributed by atoms with Gasteiger partial charge in [0.2, 0.25) is 0 Å². The van der Waals surface area contributed by atoms with Crippen molar-refractivity contribution in [1.82, 2.24) is 10.3 Å². The molecular weight excluding hydrogens is 270 g/mol. The highest BCUT2D eigenvalue weighted by molar-refractivity contribution is 5.66. The number of nitro groups is 1. The molecule has 1 N–H and O–H groups in total. The zero-order chi connectivity index (χ0) is 14.8. The van der Waals surface area contributed by atoms with Crippen LogP contribution in [0.2, 0.25) is 0 Å². The lowest BCUT2D eigenvalue weighted by molar-refractivity contribution is -0.385. The molecule has 1 aromatic carbocycles. The number of nitrogens with one attached hydrogen (secondary N) is 1. The van der Waals surface area contributed by atoms with E-state index in [4.69, 9.17) is 4.42 Å². The number of hydrogen-bond acceptors (Lipinski definition) is 5. The molecule has 1 aliphatic carbocycles. The summed E-state index contributed by atoms with van der Waals surface area (Å²) < 4.78 is 5.71. The molecule has 0 atom stereocenters. The van der Waals surface area contributed by atoms with E-state index in [1.54, 1.807) is 19.2 Å². The molecule has 0 amide bonds. The van der Waals surface area contributed by atoms with Crippen LogP contribution in [0.25, 0.3) is 11.3 Å². The normalized spacial score (nSPS) is 14.3. The standard InChI is InChI=1S/C15H17N3O3/c1-10-12(3-2-4-13(10)18(19)20)14-9-17-15(21-14)7-8-16-11-5-6-11/h2-4,9,11,16H,5-8H2,1H3. The van der Waals surface area contributed by atoms with Crippen LogP contribution in [0.3, 0.4) is 0 Å². The average Bonchev–Trinajstić information content (AvgIpc) is 3.16. The highest BCUT2D eigenvalue weighted by atomic mass is 16.6. The van der Waals surface area contributed by atoms with E-state index in [0.717, 1.165) is 18.5 Å². The molecule has 1 saturated carbocycles. The van der Waals surface area contributed by atoms with Crippen molar-refractivity contribution in [2.24, 2.45) is 0 Å². The first-order valence-electron chi connectivity index (χ1n) is 7.07. The van der Waals surface area contributed by atoms with E-state index in [9.17, 15) is 10.1 Å². The Morgan fingerprint density at radius 1 is 1.48 bits per heavy atom. The molecule has 0 radical (unpaired) electrons. The third-order valence-corrected chi connectivity index (χ3v) is 3.67. The van der Waals surface area contributed by atoms with E-state index >= 15 is 0 Å². The average molecular weight is 287 g/mol. The fraction of sp³-hybridized carbons (Fsp3) is 0.400. The lowest BCUT2D eigenvalue weighted by atomic mass is 10.1. The van der Waals surface area contributed by atoms with Gasteiger partial charge in [-0.05, 0) is 19.8 Å². The van der Waals surface area contributed by atoms with Crippen molar-refractivity contribution in [2.45, 2.75) is 32.2 Å². The molecule has 2 aromatic rings. The molecule has 0 saturated heterocycles. The molecule has 110 valence electrons. The van der Waals surface area contributed by atoms with Crippen LogP contribution in [-0.2, 0) is 6.42 Å². The van der Waals surface area contributed by atoms with Crippen molar-refractivity contribution >= 4 is 5.69 Å². The van der Waals surface area contributed by atoms with Gasteiger partial charge in [-0.15, -0.1) is 0 Å². The Morgan fingerprint density at radius 2 is 2.29 bits per heavy atom. The number of hydrogen-bond donors (Lipinski definition) is 1. The minimum absolute atomic E-state index is 0.0980. The smallest absolute Gasteiger partial charge is 0.273 e. The molecule has 0 unspecified atom stereocenters. The molecule has 0 bridgehead atoms. The first kappa shape index (κ1) is 13.8. The fourth-order valence-corrected chi connectivity index (χ4v) is 2.31. The molecule has 1 aromatic heterocycles. The highest BCUT2D eigenvalue weighted by Crippen LogP contribution is 2.30. The third-order valence-electron chi connectivity index (χ3n) is 3.67. The second-order valence-electron chi connectivity index (χ2n) is 5.30. The molecular formula is C15H17N3O3. The minimum Gasteiger partial charge on any atom is -0.441 e. The lowest BCUT2D eigenvalue weighted by Crippen LogP contribution is -2.19. The van der Waals surface area contributed by atoms with Crippen LogP contribution in [0.15, 0.2) is 28.8 Å². The van der Waals surface area contributed by atoms with E-state index in [2.05, 4.69) is 10.3 Å². The Bertz CT molecular complexity index is 662. The van der Waals surface area contributed by atoms with Crippen LogP contribution in [0, 0.1) is 17.0 Å². The number of nitrogens with zero attached hydrogens (tertiary/aromatic N) is 2. The van der Waals surface area contributed by atoms with Gasteiger partial charge in [0.15, 0.2) is 11.7 Å². The van der Waals surface area contributed by atoms with E-state index in [-0.39, 0.29) is 10.6 Å². The lowest BCUT2D eigenvalue weighted by Gasteiger charge is -2.03. The SMILES string of the molecule is Cc1c(-c2cnc(CCNC3CC3)o2)cccc1[N+](=O)[O-]. The summed E-state index contributed by atoms with van der Waals surface area (Å²) in [6.07, 6.45) is 4.87. The van der Waals surface area contributed by atoms with Gasteiger partial charge in [0.1, 0.15) is 0 Å². The van der Waals surface area contributed by atoms with E-state index < -0.39 is 0 Å². The molecule has 0 spiro atoms. The Balaban J connectivity index is 1.75. The number of benzene rings is 1. The number of aromatic nitrogens is 1. The quantitative estimate of drug-likeness (QED) is 0.652. The molecule has 1 aliphatic rings. The third kappa shape index (κ3) is 3.11. The van der Waals surface area contributed by atoms with Crippen LogP contribution in [0.4, 0.5) is 5.69 Å². The van der Waals surface area contributed by atoms with Gasteiger partial charge in [0, 0.05) is 36.2 Å². The summed E-state index contributed by atoms with van der Waals surface area (Å²) in [7, 11) is 0. The minimum atomic E-state index is -0.379. The van der Waals surface area contributed by atoms with E-state index in [1.165, 1.54) is 18.9 Å². The van der Waals surface area contributed by atoms with Crippen molar-refractivity contribution in [2.75, 3.05) is 6.54 Å². The molecule has 6 nitrogen and oxygen atoms in total. The summed E-state index contributed by atoms with van der Waals surface area (Å²) in [5, 5.41) is 14.4. The summed E-state index contributed by atoms with van der Waals surface area (Å²) in [6, 6.07) is 5.64. The van der Waals surface area contributed by atoms with Gasteiger partial charge in [-0.25, -0.2) is 4.98 Å². The van der Waals surface area contributed by atoms with Crippen molar-refractivity contribution in [3.8, 4) is 11.3 Å². The first-order valence-corrected chi connectivity index (χ1v) is 7.07. The maximum atomic E-state index is 11.0. The molecule has 6 heteroatoms. The zero-order valence-electron chi connectivity index (χ0n) is 11.8. The molecule has 21 heavy (non-hydrogen) atoms. The topological polar surface area (TPSA) is 81.2 Å². The Morgan fingerprint density at radius 3 is 3.00 bits per heavy atom. The largest absolute Gasteiger partial charge is 0.441 e. The summed E-state index contributed by atoms with van der Waals surface area (Å²) in [5.41, 5.74) is 1.42. The zero-order valence-corrected chi connectivity index (χ0v) is 11.8. The van der Waals surface area contributed by atoms with Gasteiger partial charge in [-0.2, -0.15) is 0 Å². The van der Waals surface area contributed by atoms with E-state index in [0.29, 0.717) is 23.3 Å². The summed E-state index contributed by atoms with van der Waals surface area (Å²) in [6.45, 7) is 2.57. The van der Waals surface area contributed by atoms with Crippen LogP contribution in [0.1, 0.15) is 24.3 Å². The maximum Gasteiger partial charge on any atom is 0.273 e. The van der Waals surface area contributed by atoms with Crippen molar-refractivity contribution in [3.05, 3.63) is 46.0 Å². The van der Waals surface area contributed by atoms with Gasteiger partial charge in [-0.3, -0.25) is 10.1 Å². The predicted molar refractivity (Wildman–Crippen MR) is 78.1 cm³/mol. The highest BCUT2D eigenvalue weighted by Gasteiger charge is 2.20. The Hall–Kier alpha value is -2.21. The Labute approximate surface area is 122 Å². The van der Waals surface area contributed by atoms with Gasteiger partial charge >= 0.3 is 0 Å². The number of rotatable bonds is 6. The van der Waals surface area contributed by atoms with Crippen molar-refractivity contribution in [1.29, 1.82) is 0 Å². The van der Waals surface area contributed by atoms with Gasteiger partial charge in [0.25, 0.3) is 5.69 Å². The second kappa shape index (κ2) is 5.65. The van der Waals surface area contributed by atoms with Crippen LogP contribution in [-0.4, -0.2) is 22.5 Å². The molecule has 0 aliphatic heterocycles. The van der Waals surface area contributed by atoms with Crippen LogP contribution < -0.4 is 5.32 Å². The van der Waals surface area contributed by atoms with Crippen LogP contribution >= 0.6 is 0 Å². The Kier molecular flexibility index (Phi) is 3.70. The number of oxazole rings is 1. The van der Waals surface area contributed by atoms with Gasteiger partial charge in [-0.1, -0.05) is 12.1 Å². The molecule has 1 fully saturated rings. The second-order valence-corrected chi connectivity index (χ2v) is 5.30. The molecule has 1 heterocycles. The van der Waals surface area contributed by atoms with Crippen molar-refractivity contribution in [3.63, 3.8) is 0 Å². The monoisotopic (exact) mass is 287 g/mol. The van der Waals surface area contributed by atoms with Gasteiger partial charge < -0.3 is 9.73 Å². The summed E-state index contributed by atoms with van der Waals surface area (Å²) >= 11 is 0. The van der Waals surface area contributed by atoms with Crippen LogP contribution in [0.5, 0.6) is 0 Å².